The summed E-state index contributed by atoms with van der Waals surface area (Å²) in [5.74, 6) is -0.340. The van der Waals surface area contributed by atoms with Gasteiger partial charge in [0.15, 0.2) is 5.69 Å². The number of aryl methyl sites for hydroxylation is 1. The molecule has 1 heterocycles. The molecule has 0 atom stereocenters. The molecule has 0 saturated carbocycles. The Kier molecular flexibility index (Phi) is 9.18. The summed E-state index contributed by atoms with van der Waals surface area (Å²) >= 11 is 1.29. The van der Waals surface area contributed by atoms with Crippen LogP contribution in [0.4, 0.5) is 0 Å². The Hall–Kier alpha value is -2.71. The molecule has 0 spiro atoms. The van der Waals surface area contributed by atoms with Crippen LogP contribution in [0.1, 0.15) is 41.6 Å². The van der Waals surface area contributed by atoms with E-state index in [2.05, 4.69) is 11.9 Å². The van der Waals surface area contributed by atoms with Crippen LogP contribution in [0.25, 0.3) is 11.1 Å². The Balaban J connectivity index is 1.97. The number of nitrogens with one attached hydrogen (secondary N) is 1. The van der Waals surface area contributed by atoms with Crippen LogP contribution in [-0.4, -0.2) is 62.1 Å². The Morgan fingerprint density at radius 1 is 1.08 bits per heavy atom. The average molecular weight is 567 g/mol. The summed E-state index contributed by atoms with van der Waals surface area (Å²) in [6, 6.07) is 13.1. The van der Waals surface area contributed by atoms with E-state index in [1.165, 1.54) is 38.0 Å². The second-order valence-electron chi connectivity index (χ2n) is 8.45. The van der Waals surface area contributed by atoms with Gasteiger partial charge in [0.1, 0.15) is 10.9 Å². The summed E-state index contributed by atoms with van der Waals surface area (Å²) in [6.07, 6.45) is 4.28. The van der Waals surface area contributed by atoms with Gasteiger partial charge in [-0.1, -0.05) is 59.9 Å². The Labute approximate surface area is 222 Å². The maximum Gasteiger partial charge on any atom is 0.355 e. The van der Waals surface area contributed by atoms with Crippen LogP contribution >= 0.6 is 11.8 Å². The van der Waals surface area contributed by atoms with Crippen molar-refractivity contribution in [1.82, 2.24) is 18.0 Å². The molecule has 0 unspecified atom stereocenters. The fraction of sp³-hybridized carbons (Fsp3) is 0.333. The maximum absolute atomic E-state index is 12.9. The third-order valence-electron chi connectivity index (χ3n) is 5.64. The lowest BCUT2D eigenvalue weighted by Crippen LogP contribution is -2.39. The van der Waals surface area contributed by atoms with E-state index in [0.717, 1.165) is 22.7 Å². The quantitative estimate of drug-likeness (QED) is 0.318. The molecule has 2 aromatic carbocycles. The highest BCUT2D eigenvalue weighted by atomic mass is 32.3. The van der Waals surface area contributed by atoms with Crippen molar-refractivity contribution >= 4 is 38.0 Å². The number of aromatic nitrogens is 2. The summed E-state index contributed by atoms with van der Waals surface area (Å²) in [4.78, 5) is 16.4. The van der Waals surface area contributed by atoms with Crippen molar-refractivity contribution in [2.24, 2.45) is 0 Å². The predicted octanol–water partition coefficient (Wildman–Crippen LogP) is 3.45. The number of carboxylic acids is 1. The summed E-state index contributed by atoms with van der Waals surface area (Å²) in [6.45, 7) is 2.35. The second-order valence-corrected chi connectivity index (χ2v) is 13.0. The van der Waals surface area contributed by atoms with E-state index in [0.29, 0.717) is 28.4 Å². The fourth-order valence-corrected chi connectivity index (χ4v) is 7.08. The van der Waals surface area contributed by atoms with Crippen LogP contribution in [0, 0.1) is 0 Å². The first-order valence-corrected chi connectivity index (χ1v) is 15.6. The van der Waals surface area contributed by atoms with Crippen molar-refractivity contribution in [2.75, 3.05) is 20.4 Å². The predicted molar refractivity (Wildman–Crippen MR) is 143 cm³/mol. The van der Waals surface area contributed by atoms with Gasteiger partial charge in [-0.2, -0.15) is 12.7 Å². The number of benzene rings is 2. The number of rotatable bonds is 12. The zero-order valence-electron chi connectivity index (χ0n) is 21.0. The van der Waals surface area contributed by atoms with E-state index in [1.807, 2.05) is 0 Å². The molecule has 0 amide bonds. The highest BCUT2D eigenvalue weighted by Crippen LogP contribution is 2.29. The summed E-state index contributed by atoms with van der Waals surface area (Å²) < 4.78 is 54.4. The molecule has 0 aliphatic carbocycles. The first-order valence-electron chi connectivity index (χ1n) is 11.4. The largest absolute Gasteiger partial charge is 0.476 e. The summed E-state index contributed by atoms with van der Waals surface area (Å²) in [5, 5.41) is 10.3. The topological polar surface area (TPSA) is 139 Å². The molecule has 0 saturated heterocycles. The van der Waals surface area contributed by atoms with Crippen molar-refractivity contribution in [1.29, 1.82) is 0 Å². The molecule has 10 nitrogen and oxygen atoms in total. The summed E-state index contributed by atoms with van der Waals surface area (Å²) in [7, 11) is -6.16. The van der Waals surface area contributed by atoms with Gasteiger partial charge in [-0.15, -0.1) is 11.8 Å². The van der Waals surface area contributed by atoms with Gasteiger partial charge in [-0.3, -0.25) is 0 Å². The number of unbranched alkanes of at least 4 members (excludes halogenated alkanes) is 1. The van der Waals surface area contributed by atoms with Crippen LogP contribution in [0.5, 0.6) is 0 Å². The molecule has 0 aliphatic rings. The number of thioether (sulfide) groups is 1. The lowest BCUT2D eigenvalue weighted by molar-refractivity contribution is 0.0681. The van der Waals surface area contributed by atoms with Crippen molar-refractivity contribution in [3.8, 4) is 11.1 Å². The van der Waals surface area contributed by atoms with Crippen molar-refractivity contribution in [2.45, 2.75) is 42.7 Å². The van der Waals surface area contributed by atoms with E-state index in [-0.39, 0.29) is 17.1 Å². The molecule has 37 heavy (non-hydrogen) atoms. The number of sulfonamides is 1. The number of imidazole rings is 1. The Morgan fingerprint density at radius 3 is 2.30 bits per heavy atom. The van der Waals surface area contributed by atoms with Gasteiger partial charge < -0.3 is 9.67 Å². The van der Waals surface area contributed by atoms with Crippen LogP contribution in [0.2, 0.25) is 0 Å². The molecule has 1 aromatic heterocycles. The molecule has 200 valence electrons. The number of hydrogen-bond acceptors (Lipinski definition) is 7. The normalized spacial score (nSPS) is 12.2. The number of carbonyl (C=O) groups is 1. The minimum absolute atomic E-state index is 0.146. The zero-order valence-corrected chi connectivity index (χ0v) is 23.5. The average Bonchev–Trinajstić information content (AvgIpc) is 3.20. The number of hydrogen-bond donors (Lipinski definition) is 2. The number of nitrogens with zero attached hydrogens (tertiary/aromatic N) is 3. The third kappa shape index (κ3) is 6.60. The molecule has 0 radical (unpaired) electrons. The monoisotopic (exact) mass is 566 g/mol. The van der Waals surface area contributed by atoms with E-state index >= 15 is 0 Å². The van der Waals surface area contributed by atoms with Gasteiger partial charge in [0, 0.05) is 32.6 Å². The molecular weight excluding hydrogens is 536 g/mol. The van der Waals surface area contributed by atoms with Gasteiger partial charge >= 0.3 is 5.97 Å². The maximum atomic E-state index is 12.9. The van der Waals surface area contributed by atoms with Crippen molar-refractivity contribution in [3.05, 3.63) is 65.6 Å². The van der Waals surface area contributed by atoms with Gasteiger partial charge in [0.05, 0.1) is 4.90 Å². The molecule has 2 N–H and O–H groups in total. The fourth-order valence-electron chi connectivity index (χ4n) is 3.69. The van der Waals surface area contributed by atoms with Crippen LogP contribution in [0.15, 0.2) is 58.5 Å². The van der Waals surface area contributed by atoms with Crippen LogP contribution < -0.4 is 4.13 Å². The van der Waals surface area contributed by atoms with Gasteiger partial charge in [-0.05, 0) is 29.9 Å². The zero-order chi connectivity index (χ0) is 27.4. The second kappa shape index (κ2) is 11.8. The molecular formula is C24H30N4O6S3. The first kappa shape index (κ1) is 28.9. The van der Waals surface area contributed by atoms with Gasteiger partial charge in [0.2, 0.25) is 0 Å². The molecule has 0 fully saturated rings. The number of aromatic carboxylic acids is 1. The minimum Gasteiger partial charge on any atom is -0.476 e. The number of carboxylic acid groups (broad SMARTS) is 1. The molecule has 13 heteroatoms. The highest BCUT2D eigenvalue weighted by molar-refractivity contribution is 8.03. The van der Waals surface area contributed by atoms with Crippen LogP contribution in [-0.2, 0) is 33.2 Å². The van der Waals surface area contributed by atoms with E-state index in [4.69, 9.17) is 0 Å². The van der Waals surface area contributed by atoms with E-state index < -0.39 is 26.2 Å². The Morgan fingerprint density at radius 2 is 1.73 bits per heavy atom. The lowest BCUT2D eigenvalue weighted by Gasteiger charge is -2.15. The van der Waals surface area contributed by atoms with Gasteiger partial charge in [-0.25, -0.2) is 18.2 Å². The Bertz CT molecular complexity index is 1480. The molecule has 0 bridgehead atoms. The van der Waals surface area contributed by atoms with Crippen molar-refractivity contribution in [3.63, 3.8) is 0 Å². The molecule has 3 aromatic rings. The first-order chi connectivity index (χ1) is 17.4. The van der Waals surface area contributed by atoms with E-state index in [1.54, 1.807) is 51.3 Å². The van der Waals surface area contributed by atoms with E-state index in [9.17, 15) is 26.7 Å². The van der Waals surface area contributed by atoms with Crippen LogP contribution in [0.3, 0.4) is 0 Å². The van der Waals surface area contributed by atoms with Crippen molar-refractivity contribution < 1.29 is 26.7 Å². The standard InChI is InChI=1S/C24H30N4O6S3/c1-5-6-11-21-25-23(35-4)22(24(29)30)28(21)16-17-12-14-18(15-13-17)19-9-7-8-10-20(19)36(31,32)26-37(33,34)27(2)3/h7-10,12-15,26H,5-6,11,16H2,1-4H3,(H,29,30). The van der Waals surface area contributed by atoms with Gasteiger partial charge in [0.25, 0.3) is 20.2 Å². The summed E-state index contributed by atoms with van der Waals surface area (Å²) in [5.41, 5.74) is 1.85. The lowest BCUT2D eigenvalue weighted by atomic mass is 10.0. The third-order valence-corrected chi connectivity index (χ3v) is 9.93. The highest BCUT2D eigenvalue weighted by Gasteiger charge is 2.27. The minimum atomic E-state index is -4.39. The SMILES string of the molecule is CCCCc1nc(SC)c(C(=O)O)n1Cc1ccc(-c2ccccc2S(=O)(=O)NS(=O)(=O)N(C)C)cc1. The smallest absolute Gasteiger partial charge is 0.355 e. The molecule has 0 aliphatic heterocycles. The molecule has 3 rings (SSSR count).